The van der Waals surface area contributed by atoms with E-state index in [9.17, 15) is 9.59 Å². The van der Waals surface area contributed by atoms with Crippen LogP contribution in [0.2, 0.25) is 0 Å². The first-order chi connectivity index (χ1) is 7.98. The fraction of sp³-hybridized carbons (Fsp3) is 0.750. The van der Waals surface area contributed by atoms with E-state index in [1.54, 1.807) is 6.92 Å². The van der Waals surface area contributed by atoms with Crippen molar-refractivity contribution in [3.63, 3.8) is 0 Å². The Kier molecular flexibility index (Phi) is 4.66. The Bertz CT molecular complexity index is 329. The number of carbonyl (C=O) groups excluding carboxylic acids is 2. The summed E-state index contributed by atoms with van der Waals surface area (Å²) in [6, 6.07) is 0. The monoisotopic (exact) mass is 241 g/mol. The predicted octanol–water partition coefficient (Wildman–Crippen LogP) is 1.84. The van der Waals surface area contributed by atoms with Crippen molar-refractivity contribution in [1.29, 1.82) is 0 Å². The average molecular weight is 241 g/mol. The number of hydrogen-bond acceptors (Lipinski definition) is 5. The molecule has 0 heterocycles. The standard InChI is InChI=1S/C12H19NO4/c1-4-16-11(15)10(9(2)14)13-17-12(3)7-5-6-8-12/h4-8H2,1-3H3. The second-order valence-corrected chi connectivity index (χ2v) is 4.46. The van der Waals surface area contributed by atoms with Crippen molar-refractivity contribution in [2.45, 2.75) is 52.1 Å². The summed E-state index contributed by atoms with van der Waals surface area (Å²) in [6.07, 6.45) is 3.96. The highest BCUT2D eigenvalue weighted by Crippen LogP contribution is 2.32. The summed E-state index contributed by atoms with van der Waals surface area (Å²) in [5, 5.41) is 3.69. The zero-order chi connectivity index (χ0) is 12.9. The van der Waals surface area contributed by atoms with E-state index in [0.717, 1.165) is 25.7 Å². The van der Waals surface area contributed by atoms with Crippen molar-refractivity contribution >= 4 is 17.5 Å². The highest BCUT2D eigenvalue weighted by molar-refractivity contribution is 6.63. The molecule has 0 unspecified atom stereocenters. The summed E-state index contributed by atoms with van der Waals surface area (Å²) in [6.45, 7) is 5.10. The smallest absolute Gasteiger partial charge is 0.364 e. The maximum Gasteiger partial charge on any atom is 0.364 e. The van der Waals surface area contributed by atoms with E-state index >= 15 is 0 Å². The van der Waals surface area contributed by atoms with Crippen LogP contribution in [0.25, 0.3) is 0 Å². The molecule has 0 bridgehead atoms. The van der Waals surface area contributed by atoms with Crippen molar-refractivity contribution < 1.29 is 19.2 Å². The Morgan fingerprint density at radius 2 is 1.88 bits per heavy atom. The number of Topliss-reactive ketones (excluding diaryl/α,β-unsaturated/α-hetero) is 1. The van der Waals surface area contributed by atoms with Gasteiger partial charge in [0.25, 0.3) is 0 Å². The van der Waals surface area contributed by atoms with Gasteiger partial charge in [-0.1, -0.05) is 5.16 Å². The molecule has 0 aromatic rings. The van der Waals surface area contributed by atoms with Gasteiger partial charge in [-0.05, 0) is 39.5 Å². The summed E-state index contributed by atoms with van der Waals surface area (Å²) in [7, 11) is 0. The molecule has 0 aliphatic heterocycles. The molecule has 0 amide bonds. The van der Waals surface area contributed by atoms with E-state index in [2.05, 4.69) is 5.16 Å². The SMILES string of the molecule is CCOC(=O)C(=NOC1(C)CCCC1)C(C)=O. The summed E-state index contributed by atoms with van der Waals surface area (Å²) in [4.78, 5) is 28.0. The van der Waals surface area contributed by atoms with Gasteiger partial charge in [0.05, 0.1) is 6.61 Å². The zero-order valence-electron chi connectivity index (χ0n) is 10.6. The molecule has 0 atom stereocenters. The minimum absolute atomic E-state index is 0.211. The van der Waals surface area contributed by atoms with Crippen molar-refractivity contribution in [1.82, 2.24) is 0 Å². The number of esters is 1. The third-order valence-corrected chi connectivity index (χ3v) is 2.82. The Labute approximate surface area is 101 Å². The summed E-state index contributed by atoms with van der Waals surface area (Å²) in [5.74, 6) is -1.16. The Morgan fingerprint density at radius 3 is 2.35 bits per heavy atom. The lowest BCUT2D eigenvalue weighted by Crippen LogP contribution is -2.28. The van der Waals surface area contributed by atoms with Gasteiger partial charge in [0.2, 0.25) is 5.71 Å². The van der Waals surface area contributed by atoms with E-state index in [-0.39, 0.29) is 17.9 Å². The molecule has 5 heteroatoms. The molecular weight excluding hydrogens is 222 g/mol. The molecule has 96 valence electrons. The van der Waals surface area contributed by atoms with Crippen LogP contribution in [0.4, 0.5) is 0 Å². The van der Waals surface area contributed by atoms with Crippen LogP contribution in [-0.4, -0.2) is 29.7 Å². The molecule has 1 aliphatic carbocycles. The molecule has 0 aromatic heterocycles. The van der Waals surface area contributed by atoms with E-state index in [1.807, 2.05) is 6.92 Å². The molecule has 1 rings (SSSR count). The lowest BCUT2D eigenvalue weighted by molar-refractivity contribution is -0.136. The number of ketones is 1. The van der Waals surface area contributed by atoms with Crippen molar-refractivity contribution in [3.8, 4) is 0 Å². The fourth-order valence-electron chi connectivity index (χ4n) is 1.81. The average Bonchev–Trinajstić information content (AvgIpc) is 2.65. The van der Waals surface area contributed by atoms with Gasteiger partial charge in [-0.25, -0.2) is 4.79 Å². The van der Waals surface area contributed by atoms with Gasteiger partial charge in [0.1, 0.15) is 5.60 Å². The topological polar surface area (TPSA) is 65.0 Å². The molecule has 1 aliphatic rings. The van der Waals surface area contributed by atoms with Crippen LogP contribution >= 0.6 is 0 Å². The maximum absolute atomic E-state index is 11.4. The Balaban J connectivity index is 2.70. The molecule has 1 fully saturated rings. The van der Waals surface area contributed by atoms with Crippen LogP contribution in [0.1, 0.15) is 46.5 Å². The van der Waals surface area contributed by atoms with Gasteiger partial charge in [-0.2, -0.15) is 0 Å². The number of hydrogen-bond donors (Lipinski definition) is 0. The maximum atomic E-state index is 11.4. The minimum Gasteiger partial charge on any atom is -0.461 e. The van der Waals surface area contributed by atoms with E-state index in [1.165, 1.54) is 6.92 Å². The van der Waals surface area contributed by atoms with Crippen LogP contribution in [0, 0.1) is 0 Å². The lowest BCUT2D eigenvalue weighted by Gasteiger charge is -2.20. The molecule has 0 spiro atoms. The molecule has 1 saturated carbocycles. The van der Waals surface area contributed by atoms with E-state index in [4.69, 9.17) is 9.57 Å². The lowest BCUT2D eigenvalue weighted by atomic mass is 10.1. The summed E-state index contributed by atoms with van der Waals surface area (Å²) >= 11 is 0. The largest absolute Gasteiger partial charge is 0.461 e. The number of oxime groups is 1. The first-order valence-electron chi connectivity index (χ1n) is 5.93. The highest BCUT2D eigenvalue weighted by Gasteiger charge is 2.32. The molecular formula is C12H19NO4. The van der Waals surface area contributed by atoms with Crippen LogP contribution < -0.4 is 0 Å². The summed E-state index contributed by atoms with van der Waals surface area (Å²) < 4.78 is 4.74. The number of nitrogens with zero attached hydrogens (tertiary/aromatic N) is 1. The first-order valence-corrected chi connectivity index (χ1v) is 5.93. The van der Waals surface area contributed by atoms with Gasteiger partial charge in [0.15, 0.2) is 5.78 Å². The first kappa shape index (κ1) is 13.7. The van der Waals surface area contributed by atoms with Gasteiger partial charge < -0.3 is 9.57 Å². The third-order valence-electron chi connectivity index (χ3n) is 2.82. The van der Waals surface area contributed by atoms with E-state index < -0.39 is 11.8 Å². The second-order valence-electron chi connectivity index (χ2n) is 4.46. The molecule has 0 aromatic carbocycles. The van der Waals surface area contributed by atoms with Crippen molar-refractivity contribution in [2.75, 3.05) is 6.61 Å². The molecule has 0 saturated heterocycles. The van der Waals surface area contributed by atoms with Crippen LogP contribution in [0.15, 0.2) is 5.16 Å². The van der Waals surface area contributed by atoms with Crippen LogP contribution in [-0.2, 0) is 19.2 Å². The predicted molar refractivity (Wildman–Crippen MR) is 62.7 cm³/mol. The molecule has 0 N–H and O–H groups in total. The van der Waals surface area contributed by atoms with Crippen molar-refractivity contribution in [2.24, 2.45) is 5.16 Å². The normalized spacial score (nSPS) is 18.9. The highest BCUT2D eigenvalue weighted by atomic mass is 16.7. The second kappa shape index (κ2) is 5.80. The van der Waals surface area contributed by atoms with Gasteiger partial charge in [-0.15, -0.1) is 0 Å². The van der Waals surface area contributed by atoms with Gasteiger partial charge >= 0.3 is 5.97 Å². The Hall–Kier alpha value is -1.39. The van der Waals surface area contributed by atoms with Crippen LogP contribution in [0.5, 0.6) is 0 Å². The number of carbonyl (C=O) groups is 2. The number of rotatable bonds is 5. The molecule has 0 radical (unpaired) electrons. The Morgan fingerprint density at radius 1 is 1.29 bits per heavy atom. The molecule has 5 nitrogen and oxygen atoms in total. The third kappa shape index (κ3) is 3.84. The van der Waals surface area contributed by atoms with Gasteiger partial charge in [-0.3, -0.25) is 4.79 Å². The summed E-state index contributed by atoms with van der Waals surface area (Å²) in [5.41, 5.74) is -0.618. The zero-order valence-corrected chi connectivity index (χ0v) is 10.6. The molecule has 17 heavy (non-hydrogen) atoms. The fourth-order valence-corrected chi connectivity index (χ4v) is 1.81. The van der Waals surface area contributed by atoms with E-state index in [0.29, 0.717) is 0 Å². The van der Waals surface area contributed by atoms with Crippen molar-refractivity contribution in [3.05, 3.63) is 0 Å². The number of ether oxygens (including phenoxy) is 1. The van der Waals surface area contributed by atoms with Crippen LogP contribution in [0.3, 0.4) is 0 Å². The van der Waals surface area contributed by atoms with Gasteiger partial charge in [0, 0.05) is 6.92 Å². The quantitative estimate of drug-likeness (QED) is 0.319. The minimum atomic E-state index is -0.721.